The molecule has 0 spiro atoms. The van der Waals surface area contributed by atoms with Crippen LogP contribution < -0.4 is 74.2 Å². The van der Waals surface area contributed by atoms with Crippen molar-refractivity contribution >= 4 is 39.7 Å². The van der Waals surface area contributed by atoms with Gasteiger partial charge in [0.05, 0.1) is 19.6 Å². The quantitative estimate of drug-likeness (QED) is 0.0849. The van der Waals surface area contributed by atoms with Gasteiger partial charge in [-0.2, -0.15) is 4.99 Å². The summed E-state index contributed by atoms with van der Waals surface area (Å²) in [7, 11) is -11.7. The van der Waals surface area contributed by atoms with Crippen molar-refractivity contribution in [1.82, 2.24) is 10.2 Å². The maximum Gasteiger partial charge on any atom is 1.00 e. The Morgan fingerprint density at radius 1 is 1.00 bits per heavy atom. The molecule has 12 atom stereocenters. The van der Waals surface area contributed by atoms with Crippen LogP contribution in [0.5, 0.6) is 0 Å². The Kier molecular flexibility index (Phi) is 13.3. The van der Waals surface area contributed by atoms with Crippen molar-refractivity contribution in [3.05, 3.63) is 0 Å². The van der Waals surface area contributed by atoms with Crippen LogP contribution in [0, 0.1) is 5.41 Å². The van der Waals surface area contributed by atoms with Gasteiger partial charge < -0.3 is 54.4 Å². The fourth-order valence-corrected chi connectivity index (χ4v) is 6.02. The summed E-state index contributed by atoms with van der Waals surface area (Å²) in [6.07, 6.45) is -15.5. The molecule has 0 radical (unpaired) electrons. The van der Waals surface area contributed by atoms with Crippen LogP contribution in [0.1, 0.15) is 0 Å². The Hall–Kier alpha value is 0.220. The fourth-order valence-electron chi connectivity index (χ4n) is 3.94. The van der Waals surface area contributed by atoms with Gasteiger partial charge in [0.15, 0.2) is 24.4 Å². The first-order chi connectivity index (χ1) is 18.1. The molecule has 0 aromatic rings. The number of phosphoric acid groups is 2. The van der Waals surface area contributed by atoms with Crippen LogP contribution in [-0.4, -0.2) is 134 Å². The van der Waals surface area contributed by atoms with Crippen LogP contribution in [0.2, 0.25) is 0 Å². The average Bonchev–Trinajstić information content (AvgIpc) is 3.38. The molecule has 2 fully saturated rings. The number of hydrogen-bond donors (Lipinski definition) is 8. The summed E-state index contributed by atoms with van der Waals surface area (Å²) in [4.78, 5) is 44.9. The van der Waals surface area contributed by atoms with E-state index in [1.54, 1.807) is 0 Å². The summed E-state index contributed by atoms with van der Waals surface area (Å²) in [6, 6.07) is -1.16. The Morgan fingerprint density at radius 3 is 2.27 bits per heavy atom. The van der Waals surface area contributed by atoms with E-state index in [1.807, 2.05) is 0 Å². The van der Waals surface area contributed by atoms with Crippen molar-refractivity contribution < 1.29 is 136 Å². The SMILES string of the molecule is N=C1N=C2C(N=CN2[C@@H]2O[C@H](COP(=O)([O-])OP(=O)([O-])O[C@H]3O[C@H](CO)[C@@H](O)[C@H](O)[C@@H]3O)[C@@H](O)[C@H]2O)C(=O)N1.[Na+].[Na+]. The maximum atomic E-state index is 12.1. The first-order valence-electron chi connectivity index (χ1n) is 10.9. The molecule has 4 aliphatic rings. The molecule has 220 valence electrons. The Bertz CT molecular complexity index is 1150. The van der Waals surface area contributed by atoms with E-state index in [4.69, 9.17) is 20.0 Å². The number of rotatable bonds is 9. The van der Waals surface area contributed by atoms with Gasteiger partial charge in [-0.05, 0) is 0 Å². The standard InChI is InChI=1S/C16H25N5O16P2.2Na/c17-16-19-12-6(13(28)20-16)18-3-21(12)14-10(26)8(24)5(34-14)2-33-38(29,30)37-39(31,32)36-15-11(27)9(25)7(23)4(1-22)35-15;;/h3-11,14-15,22-27H,1-2H2,(H,29,30)(H,31,32)(H2,17,20,28);;/q;2*+1/p-2/t4-,5-,6?,7-,8-,9+,10-,11+,14-,15-;;/m1../s1. The molecule has 4 aliphatic heterocycles. The Morgan fingerprint density at radius 2 is 1.63 bits per heavy atom. The predicted molar refractivity (Wildman–Crippen MR) is 115 cm³/mol. The minimum absolute atomic E-state index is 0. The summed E-state index contributed by atoms with van der Waals surface area (Å²) in [5.74, 6) is -1.32. The molecule has 25 heteroatoms. The molecule has 3 unspecified atom stereocenters. The number of phosphoric ester groups is 2. The number of hydrogen-bond acceptors (Lipinski definition) is 19. The first-order valence-corrected chi connectivity index (χ1v) is 13.8. The van der Waals surface area contributed by atoms with Crippen LogP contribution in [0.25, 0.3) is 0 Å². The Balaban J connectivity index is 0.00000294. The molecule has 2 saturated heterocycles. The number of ether oxygens (including phenoxy) is 2. The number of aliphatic hydroxyl groups excluding tert-OH is 6. The van der Waals surface area contributed by atoms with Crippen molar-refractivity contribution in [1.29, 1.82) is 5.41 Å². The first kappa shape index (κ1) is 37.4. The van der Waals surface area contributed by atoms with E-state index in [-0.39, 0.29) is 65.0 Å². The van der Waals surface area contributed by atoms with Gasteiger partial charge in [-0.1, -0.05) is 0 Å². The molecule has 4 rings (SSSR count). The van der Waals surface area contributed by atoms with E-state index < -0.39 is 102 Å². The van der Waals surface area contributed by atoms with Gasteiger partial charge in [0.2, 0.25) is 5.96 Å². The zero-order valence-corrected chi connectivity index (χ0v) is 27.1. The van der Waals surface area contributed by atoms with Gasteiger partial charge >= 0.3 is 59.1 Å². The number of nitrogens with one attached hydrogen (secondary N) is 2. The normalized spacial score (nSPS) is 39.5. The van der Waals surface area contributed by atoms with E-state index in [9.17, 15) is 49.2 Å². The third-order valence-corrected chi connectivity index (χ3v) is 8.39. The van der Waals surface area contributed by atoms with Gasteiger partial charge in [0.25, 0.3) is 21.6 Å². The van der Waals surface area contributed by atoms with E-state index in [0.717, 1.165) is 11.2 Å². The topological polar surface area (TPSA) is 329 Å². The van der Waals surface area contributed by atoms with E-state index in [0.29, 0.717) is 0 Å². The van der Waals surface area contributed by atoms with Crippen molar-refractivity contribution in [2.24, 2.45) is 9.98 Å². The number of amides is 1. The van der Waals surface area contributed by atoms with Crippen LogP contribution in [-0.2, 0) is 36.8 Å². The summed E-state index contributed by atoms with van der Waals surface area (Å²) in [5, 5.41) is 68.7. The van der Waals surface area contributed by atoms with Crippen LogP contribution >= 0.6 is 15.6 Å². The minimum Gasteiger partial charge on any atom is -0.756 e. The number of fused-ring (bicyclic) bond motifs is 1. The molecule has 0 saturated carbocycles. The second-order valence-electron chi connectivity index (χ2n) is 8.50. The molecule has 0 aliphatic carbocycles. The minimum atomic E-state index is -5.91. The number of amidine groups is 1. The molecule has 0 bridgehead atoms. The molecule has 8 N–H and O–H groups in total. The molecule has 41 heavy (non-hydrogen) atoms. The Labute approximate surface area is 274 Å². The average molecular weight is 649 g/mol. The smallest absolute Gasteiger partial charge is 0.756 e. The second-order valence-corrected chi connectivity index (χ2v) is 11.4. The maximum absolute atomic E-state index is 12.1. The molecule has 1 amide bonds. The van der Waals surface area contributed by atoms with Gasteiger partial charge in [-0.15, -0.1) is 0 Å². The summed E-state index contributed by atoms with van der Waals surface area (Å²) < 4.78 is 47.1. The van der Waals surface area contributed by atoms with Crippen molar-refractivity contribution in [2.45, 2.75) is 61.3 Å². The third-order valence-electron chi connectivity index (χ3n) is 5.86. The number of guanidine groups is 1. The number of carbonyl (C=O) groups excluding carboxylic acids is 1. The molecule has 21 nitrogen and oxygen atoms in total. The van der Waals surface area contributed by atoms with Crippen LogP contribution in [0.4, 0.5) is 0 Å². The van der Waals surface area contributed by atoms with E-state index >= 15 is 0 Å². The van der Waals surface area contributed by atoms with Gasteiger partial charge in [-0.3, -0.25) is 39.1 Å². The van der Waals surface area contributed by atoms with Crippen molar-refractivity contribution in [2.75, 3.05) is 13.2 Å². The van der Waals surface area contributed by atoms with Gasteiger partial charge in [0.1, 0.15) is 42.7 Å². The van der Waals surface area contributed by atoms with E-state index in [2.05, 4.69) is 28.7 Å². The zero-order valence-electron chi connectivity index (χ0n) is 21.3. The third kappa shape index (κ3) is 8.28. The fraction of sp³-hybridized carbons (Fsp3) is 0.750. The molecule has 0 aromatic carbocycles. The number of carbonyl (C=O) groups is 1. The summed E-state index contributed by atoms with van der Waals surface area (Å²) in [6.45, 7) is -2.02. The number of nitrogens with zero attached hydrogens (tertiary/aromatic N) is 3. The number of aliphatic hydroxyl groups is 6. The van der Waals surface area contributed by atoms with Crippen LogP contribution in [0.3, 0.4) is 0 Å². The largest absolute Gasteiger partial charge is 1.00 e. The molecule has 4 heterocycles. The summed E-state index contributed by atoms with van der Waals surface area (Å²) >= 11 is 0. The summed E-state index contributed by atoms with van der Waals surface area (Å²) in [5.41, 5.74) is 0. The van der Waals surface area contributed by atoms with E-state index in [1.165, 1.54) is 0 Å². The second kappa shape index (κ2) is 14.5. The van der Waals surface area contributed by atoms with Gasteiger partial charge in [-0.25, -0.2) is 4.31 Å². The molecular weight excluding hydrogens is 626 g/mol. The monoisotopic (exact) mass is 649 g/mol. The van der Waals surface area contributed by atoms with Crippen molar-refractivity contribution in [3.8, 4) is 0 Å². The molecular formula is C16H23N5Na2O16P2. The number of aliphatic imine (C=N–C) groups is 2. The van der Waals surface area contributed by atoms with Crippen molar-refractivity contribution in [3.63, 3.8) is 0 Å². The predicted octanol–water partition coefficient (Wildman–Crippen LogP) is -12.6. The van der Waals surface area contributed by atoms with Gasteiger partial charge in [0, 0.05) is 0 Å². The zero-order chi connectivity index (χ0) is 28.9. The molecule has 0 aromatic heterocycles. The van der Waals surface area contributed by atoms with Crippen LogP contribution in [0.15, 0.2) is 9.98 Å².